The fourth-order valence-electron chi connectivity index (χ4n) is 0.873. The Morgan fingerprint density at radius 3 is 1.07 bits per heavy atom. The standard InChI is InChI=1S/C7H16O7/c8-1-3(10)5(12)7(14)6(13)4(11)2-9/h3-14H,1-2H2/t3-,4+,5+,6-,7+. The van der Waals surface area contributed by atoms with Crippen LogP contribution in [0.5, 0.6) is 0 Å². The number of hydrogen-bond acceptors (Lipinski definition) is 7. The normalized spacial score (nSPS) is 22.5. The summed E-state index contributed by atoms with van der Waals surface area (Å²) in [5.74, 6) is 0. The number of aliphatic hydroxyl groups excluding tert-OH is 7. The Bertz CT molecular complexity index is 137. The van der Waals surface area contributed by atoms with E-state index in [1.54, 1.807) is 0 Å². The Balaban J connectivity index is 4.22. The molecule has 14 heavy (non-hydrogen) atoms. The van der Waals surface area contributed by atoms with Crippen molar-refractivity contribution in [1.29, 1.82) is 0 Å². The molecule has 7 heteroatoms. The van der Waals surface area contributed by atoms with Gasteiger partial charge in [-0.05, 0) is 0 Å². The summed E-state index contributed by atoms with van der Waals surface area (Å²) in [7, 11) is 0. The molecular weight excluding hydrogens is 196 g/mol. The second-order valence-corrected chi connectivity index (χ2v) is 2.97. The van der Waals surface area contributed by atoms with Crippen LogP contribution < -0.4 is 0 Å². The van der Waals surface area contributed by atoms with E-state index in [1.807, 2.05) is 0 Å². The summed E-state index contributed by atoms with van der Waals surface area (Å²) in [6, 6.07) is 0. The zero-order chi connectivity index (χ0) is 11.3. The fraction of sp³-hybridized carbons (Fsp3) is 1.00. The highest BCUT2D eigenvalue weighted by Crippen LogP contribution is 2.07. The first-order chi connectivity index (χ1) is 6.45. The molecule has 0 aliphatic rings. The largest absolute Gasteiger partial charge is 0.394 e. The van der Waals surface area contributed by atoms with Gasteiger partial charge in [-0.1, -0.05) is 0 Å². The monoisotopic (exact) mass is 212 g/mol. The van der Waals surface area contributed by atoms with Crippen LogP contribution in [0.3, 0.4) is 0 Å². The van der Waals surface area contributed by atoms with Gasteiger partial charge in [-0.3, -0.25) is 0 Å². The molecule has 0 heterocycles. The second-order valence-electron chi connectivity index (χ2n) is 2.97. The predicted molar refractivity (Wildman–Crippen MR) is 44.2 cm³/mol. The van der Waals surface area contributed by atoms with E-state index < -0.39 is 43.7 Å². The van der Waals surface area contributed by atoms with Crippen molar-refractivity contribution < 1.29 is 35.7 Å². The van der Waals surface area contributed by atoms with Gasteiger partial charge in [-0.2, -0.15) is 0 Å². The van der Waals surface area contributed by atoms with Crippen molar-refractivity contribution in [3.05, 3.63) is 0 Å². The van der Waals surface area contributed by atoms with Gasteiger partial charge in [0.05, 0.1) is 13.2 Å². The van der Waals surface area contributed by atoms with E-state index >= 15 is 0 Å². The SMILES string of the molecule is OC[C@@H](O)[C@H](O)[C@H](O)[C@H](O)[C@@H](O)CO. The maximum atomic E-state index is 9.15. The first-order valence-electron chi connectivity index (χ1n) is 4.07. The van der Waals surface area contributed by atoms with Crippen molar-refractivity contribution in [3.63, 3.8) is 0 Å². The van der Waals surface area contributed by atoms with Crippen molar-refractivity contribution in [2.24, 2.45) is 0 Å². The molecule has 0 rings (SSSR count). The number of rotatable bonds is 6. The van der Waals surface area contributed by atoms with Gasteiger partial charge in [0.1, 0.15) is 30.5 Å². The zero-order valence-corrected chi connectivity index (χ0v) is 7.43. The third-order valence-corrected chi connectivity index (χ3v) is 1.86. The second kappa shape index (κ2) is 6.25. The summed E-state index contributed by atoms with van der Waals surface area (Å²) in [5, 5.41) is 61.9. The van der Waals surface area contributed by atoms with Crippen molar-refractivity contribution in [2.45, 2.75) is 30.5 Å². The molecule has 5 atom stereocenters. The molecule has 0 aromatic rings. The Labute approximate surface area is 80.5 Å². The van der Waals surface area contributed by atoms with E-state index in [4.69, 9.17) is 35.7 Å². The van der Waals surface area contributed by atoms with Crippen LogP contribution in [-0.2, 0) is 0 Å². The number of hydrogen-bond donors (Lipinski definition) is 7. The van der Waals surface area contributed by atoms with E-state index in [9.17, 15) is 0 Å². The molecule has 0 spiro atoms. The lowest BCUT2D eigenvalue weighted by molar-refractivity contribution is -0.145. The maximum absolute atomic E-state index is 9.15. The molecule has 0 aliphatic heterocycles. The Kier molecular flexibility index (Phi) is 6.12. The van der Waals surface area contributed by atoms with Gasteiger partial charge in [-0.15, -0.1) is 0 Å². The molecule has 86 valence electrons. The Morgan fingerprint density at radius 1 is 0.571 bits per heavy atom. The van der Waals surface area contributed by atoms with E-state index in [0.29, 0.717) is 0 Å². The van der Waals surface area contributed by atoms with Crippen LogP contribution >= 0.6 is 0 Å². The van der Waals surface area contributed by atoms with Crippen molar-refractivity contribution in [1.82, 2.24) is 0 Å². The van der Waals surface area contributed by atoms with Crippen LogP contribution in [-0.4, -0.2) is 79.5 Å². The van der Waals surface area contributed by atoms with Crippen molar-refractivity contribution in [3.8, 4) is 0 Å². The van der Waals surface area contributed by atoms with Crippen LogP contribution in [0.15, 0.2) is 0 Å². The molecule has 0 aromatic heterocycles. The lowest BCUT2D eigenvalue weighted by Crippen LogP contribution is -2.50. The summed E-state index contributed by atoms with van der Waals surface area (Å²) in [4.78, 5) is 0. The van der Waals surface area contributed by atoms with E-state index in [-0.39, 0.29) is 0 Å². The van der Waals surface area contributed by atoms with Gasteiger partial charge in [-0.25, -0.2) is 0 Å². The summed E-state index contributed by atoms with van der Waals surface area (Å²) in [5.41, 5.74) is 0. The molecule has 0 saturated heterocycles. The van der Waals surface area contributed by atoms with Gasteiger partial charge in [0.25, 0.3) is 0 Å². The summed E-state index contributed by atoms with van der Waals surface area (Å²) >= 11 is 0. The molecular formula is C7H16O7. The van der Waals surface area contributed by atoms with Crippen LogP contribution in [0.1, 0.15) is 0 Å². The molecule has 0 aliphatic carbocycles. The van der Waals surface area contributed by atoms with Crippen molar-refractivity contribution in [2.75, 3.05) is 13.2 Å². The van der Waals surface area contributed by atoms with Crippen molar-refractivity contribution >= 4 is 0 Å². The van der Waals surface area contributed by atoms with E-state index in [0.717, 1.165) is 0 Å². The molecule has 0 bridgehead atoms. The van der Waals surface area contributed by atoms with Crippen LogP contribution in [0.4, 0.5) is 0 Å². The first kappa shape index (κ1) is 13.7. The average Bonchev–Trinajstić information content (AvgIpc) is 2.23. The molecule has 0 saturated carbocycles. The van der Waals surface area contributed by atoms with E-state index in [1.165, 1.54) is 0 Å². The molecule has 0 fully saturated rings. The summed E-state index contributed by atoms with van der Waals surface area (Å²) in [6.07, 6.45) is -8.68. The Morgan fingerprint density at radius 2 is 0.857 bits per heavy atom. The quantitative estimate of drug-likeness (QED) is 0.236. The molecule has 7 nitrogen and oxygen atoms in total. The molecule has 0 radical (unpaired) electrons. The fourth-order valence-corrected chi connectivity index (χ4v) is 0.873. The average molecular weight is 212 g/mol. The minimum atomic E-state index is -1.85. The first-order valence-corrected chi connectivity index (χ1v) is 4.07. The highest BCUT2D eigenvalue weighted by Gasteiger charge is 2.33. The maximum Gasteiger partial charge on any atom is 0.111 e. The molecule has 0 amide bonds. The van der Waals surface area contributed by atoms with Gasteiger partial charge in [0.15, 0.2) is 0 Å². The minimum Gasteiger partial charge on any atom is -0.394 e. The van der Waals surface area contributed by atoms with Crippen LogP contribution in [0.2, 0.25) is 0 Å². The smallest absolute Gasteiger partial charge is 0.111 e. The van der Waals surface area contributed by atoms with Gasteiger partial charge < -0.3 is 35.7 Å². The minimum absolute atomic E-state index is 0.792. The summed E-state index contributed by atoms with van der Waals surface area (Å²) in [6.45, 7) is -1.58. The van der Waals surface area contributed by atoms with Gasteiger partial charge in [0.2, 0.25) is 0 Å². The van der Waals surface area contributed by atoms with Crippen LogP contribution in [0, 0.1) is 0 Å². The van der Waals surface area contributed by atoms with Crippen LogP contribution in [0.25, 0.3) is 0 Å². The van der Waals surface area contributed by atoms with Gasteiger partial charge in [0, 0.05) is 0 Å². The molecule has 0 aromatic carbocycles. The molecule has 0 unspecified atom stereocenters. The van der Waals surface area contributed by atoms with Gasteiger partial charge >= 0.3 is 0 Å². The third kappa shape index (κ3) is 3.46. The number of aliphatic hydroxyl groups is 7. The lowest BCUT2D eigenvalue weighted by Gasteiger charge is -2.27. The highest BCUT2D eigenvalue weighted by molar-refractivity contribution is 4.84. The Hall–Kier alpha value is -0.280. The highest BCUT2D eigenvalue weighted by atomic mass is 16.4. The summed E-state index contributed by atoms with van der Waals surface area (Å²) < 4.78 is 0. The third-order valence-electron chi connectivity index (χ3n) is 1.86. The van der Waals surface area contributed by atoms with E-state index in [2.05, 4.69) is 0 Å². The zero-order valence-electron chi connectivity index (χ0n) is 7.43. The lowest BCUT2D eigenvalue weighted by atomic mass is 10.00. The topological polar surface area (TPSA) is 142 Å². The predicted octanol–water partition coefficient (Wildman–Crippen LogP) is -4.22. The molecule has 7 N–H and O–H groups in total.